The number of thiophene rings is 1. The van der Waals surface area contributed by atoms with Gasteiger partial charge in [0.15, 0.2) is 5.82 Å². The van der Waals surface area contributed by atoms with Crippen molar-refractivity contribution in [1.82, 2.24) is 14.8 Å². The van der Waals surface area contributed by atoms with E-state index in [1.807, 2.05) is 28.9 Å². The lowest BCUT2D eigenvalue weighted by molar-refractivity contribution is 0.694. The molecule has 0 aliphatic heterocycles. The Morgan fingerprint density at radius 2 is 2.05 bits per heavy atom. The van der Waals surface area contributed by atoms with E-state index in [1.165, 1.54) is 4.88 Å². The lowest BCUT2D eigenvalue weighted by Gasteiger charge is -1.97. The van der Waals surface area contributed by atoms with E-state index >= 15 is 0 Å². The van der Waals surface area contributed by atoms with Gasteiger partial charge in [0.1, 0.15) is 6.33 Å². The molecule has 0 bridgehead atoms. The molecule has 0 saturated carbocycles. The molecule has 1 aromatic carbocycles. The van der Waals surface area contributed by atoms with E-state index < -0.39 is 0 Å². The highest BCUT2D eigenvalue weighted by atomic mass is 79.9. The number of aromatic nitrogens is 3. The van der Waals surface area contributed by atoms with Crippen LogP contribution in [0, 0.1) is 0 Å². The fraction of sp³-hybridized carbons (Fsp3) is 0.0769. The van der Waals surface area contributed by atoms with Crippen LogP contribution < -0.4 is 5.73 Å². The van der Waals surface area contributed by atoms with Gasteiger partial charge in [0.25, 0.3) is 0 Å². The van der Waals surface area contributed by atoms with Gasteiger partial charge in [0.05, 0.1) is 6.54 Å². The minimum Gasteiger partial charge on any atom is -0.399 e. The van der Waals surface area contributed by atoms with Crippen molar-refractivity contribution >= 4 is 33.0 Å². The quantitative estimate of drug-likeness (QED) is 0.747. The normalized spacial score (nSPS) is 10.8. The number of nitrogens with zero attached hydrogens (tertiary/aromatic N) is 3. The molecule has 3 aromatic rings. The first-order chi connectivity index (χ1) is 9.20. The number of hydrogen-bond acceptors (Lipinski definition) is 4. The molecule has 0 radical (unpaired) electrons. The van der Waals surface area contributed by atoms with Gasteiger partial charge < -0.3 is 5.73 Å². The Labute approximate surface area is 123 Å². The van der Waals surface area contributed by atoms with E-state index in [2.05, 4.69) is 37.5 Å². The highest BCUT2D eigenvalue weighted by Crippen LogP contribution is 2.21. The van der Waals surface area contributed by atoms with E-state index in [-0.39, 0.29) is 0 Å². The highest BCUT2D eigenvalue weighted by Gasteiger charge is 2.05. The molecule has 4 nitrogen and oxygen atoms in total. The number of hydrogen-bond donors (Lipinski definition) is 1. The van der Waals surface area contributed by atoms with Crippen LogP contribution in [-0.2, 0) is 6.54 Å². The monoisotopic (exact) mass is 334 g/mol. The van der Waals surface area contributed by atoms with Crippen LogP contribution in [0.25, 0.3) is 11.4 Å². The van der Waals surface area contributed by atoms with Crippen molar-refractivity contribution in [3.05, 3.63) is 51.4 Å². The summed E-state index contributed by atoms with van der Waals surface area (Å²) in [7, 11) is 0. The summed E-state index contributed by atoms with van der Waals surface area (Å²) in [5, 5.41) is 6.53. The number of halogens is 1. The second kappa shape index (κ2) is 5.14. The molecule has 0 atom stereocenters. The number of nitrogens with two attached hydrogens (primary N) is 1. The maximum Gasteiger partial charge on any atom is 0.181 e. The Kier molecular flexibility index (Phi) is 3.35. The number of anilines is 1. The summed E-state index contributed by atoms with van der Waals surface area (Å²) < 4.78 is 2.94. The van der Waals surface area contributed by atoms with E-state index in [1.54, 1.807) is 17.7 Å². The number of rotatable bonds is 3. The predicted octanol–water partition coefficient (Wildman–Crippen LogP) is 3.40. The summed E-state index contributed by atoms with van der Waals surface area (Å²) >= 11 is 5.15. The Morgan fingerprint density at radius 1 is 1.26 bits per heavy atom. The zero-order valence-corrected chi connectivity index (χ0v) is 12.4. The third-order valence-electron chi connectivity index (χ3n) is 2.64. The van der Waals surface area contributed by atoms with Crippen molar-refractivity contribution in [1.29, 1.82) is 0 Å². The van der Waals surface area contributed by atoms with Gasteiger partial charge in [-0.1, -0.05) is 0 Å². The topological polar surface area (TPSA) is 56.7 Å². The molecule has 0 fully saturated rings. The third kappa shape index (κ3) is 2.85. The standard InChI is InChI=1S/C13H11BrN4S/c14-10-5-12(19-7-10)6-18-8-16-13(17-18)9-1-3-11(15)4-2-9/h1-5,7-8H,6,15H2. The summed E-state index contributed by atoms with van der Waals surface area (Å²) in [4.78, 5) is 5.56. The van der Waals surface area contributed by atoms with Gasteiger partial charge in [0.2, 0.25) is 0 Å². The van der Waals surface area contributed by atoms with Crippen LogP contribution in [0.3, 0.4) is 0 Å². The van der Waals surface area contributed by atoms with Gasteiger partial charge in [-0.2, -0.15) is 5.10 Å². The van der Waals surface area contributed by atoms with Gasteiger partial charge in [-0.05, 0) is 46.3 Å². The van der Waals surface area contributed by atoms with Crippen LogP contribution in [0.5, 0.6) is 0 Å². The Bertz CT molecular complexity index is 687. The molecule has 0 saturated heterocycles. The van der Waals surface area contributed by atoms with Crippen molar-refractivity contribution in [3.8, 4) is 11.4 Å². The molecule has 0 aliphatic carbocycles. The Morgan fingerprint density at radius 3 is 2.74 bits per heavy atom. The van der Waals surface area contributed by atoms with Crippen LogP contribution in [0.2, 0.25) is 0 Å². The fourth-order valence-corrected chi connectivity index (χ4v) is 3.17. The highest BCUT2D eigenvalue weighted by molar-refractivity contribution is 9.10. The SMILES string of the molecule is Nc1ccc(-c2ncn(Cc3cc(Br)cs3)n2)cc1. The fourth-order valence-electron chi connectivity index (χ4n) is 1.73. The minimum absolute atomic E-state index is 0.718. The average molecular weight is 335 g/mol. The average Bonchev–Trinajstić information content (AvgIpc) is 3.00. The molecule has 3 rings (SSSR count). The van der Waals surface area contributed by atoms with Crippen molar-refractivity contribution < 1.29 is 0 Å². The molecule has 2 heterocycles. The van der Waals surface area contributed by atoms with Crippen LogP contribution in [0.4, 0.5) is 5.69 Å². The number of nitrogen functional groups attached to an aromatic ring is 1. The molecule has 6 heteroatoms. The molecular weight excluding hydrogens is 324 g/mol. The smallest absolute Gasteiger partial charge is 0.181 e. The van der Waals surface area contributed by atoms with Gasteiger partial charge in [-0.25, -0.2) is 9.67 Å². The van der Waals surface area contributed by atoms with Crippen molar-refractivity contribution in [2.24, 2.45) is 0 Å². The summed E-state index contributed by atoms with van der Waals surface area (Å²) in [5.41, 5.74) is 7.38. The van der Waals surface area contributed by atoms with Crippen LogP contribution >= 0.6 is 27.3 Å². The van der Waals surface area contributed by atoms with Gasteiger partial charge in [-0.15, -0.1) is 11.3 Å². The molecular formula is C13H11BrN4S. The zero-order valence-electron chi connectivity index (χ0n) is 9.95. The second-order valence-electron chi connectivity index (χ2n) is 4.12. The first-order valence-corrected chi connectivity index (χ1v) is 7.36. The van der Waals surface area contributed by atoms with Crippen LogP contribution in [-0.4, -0.2) is 14.8 Å². The van der Waals surface area contributed by atoms with E-state index in [9.17, 15) is 0 Å². The van der Waals surface area contributed by atoms with E-state index in [0.717, 1.165) is 28.1 Å². The molecule has 0 unspecified atom stereocenters. The zero-order chi connectivity index (χ0) is 13.2. The maximum absolute atomic E-state index is 5.67. The molecule has 2 aromatic heterocycles. The summed E-state index contributed by atoms with van der Waals surface area (Å²) in [6, 6.07) is 9.65. The van der Waals surface area contributed by atoms with Crippen LogP contribution in [0.15, 0.2) is 46.5 Å². The van der Waals surface area contributed by atoms with Crippen molar-refractivity contribution in [2.75, 3.05) is 5.73 Å². The first kappa shape index (κ1) is 12.4. The largest absolute Gasteiger partial charge is 0.399 e. The minimum atomic E-state index is 0.718. The molecule has 19 heavy (non-hydrogen) atoms. The lowest BCUT2D eigenvalue weighted by atomic mass is 10.2. The summed E-state index contributed by atoms with van der Waals surface area (Å²) in [6.07, 6.45) is 1.75. The first-order valence-electron chi connectivity index (χ1n) is 5.69. The molecule has 0 aliphatic rings. The Hall–Kier alpha value is -1.66. The lowest BCUT2D eigenvalue weighted by Crippen LogP contribution is -1.98. The number of benzene rings is 1. The maximum atomic E-state index is 5.67. The molecule has 0 spiro atoms. The summed E-state index contributed by atoms with van der Waals surface area (Å²) in [6.45, 7) is 0.734. The Balaban J connectivity index is 1.81. The van der Waals surface area contributed by atoms with Gasteiger partial charge in [-0.3, -0.25) is 0 Å². The molecule has 0 amide bonds. The van der Waals surface area contributed by atoms with Crippen LogP contribution in [0.1, 0.15) is 4.88 Å². The van der Waals surface area contributed by atoms with Gasteiger partial charge >= 0.3 is 0 Å². The molecule has 2 N–H and O–H groups in total. The van der Waals surface area contributed by atoms with Crippen molar-refractivity contribution in [3.63, 3.8) is 0 Å². The third-order valence-corrected chi connectivity index (χ3v) is 4.33. The summed E-state index contributed by atoms with van der Waals surface area (Å²) in [5.74, 6) is 0.718. The van der Waals surface area contributed by atoms with Gasteiger partial charge in [0, 0.05) is 26.0 Å². The van der Waals surface area contributed by atoms with E-state index in [0.29, 0.717) is 0 Å². The second-order valence-corrected chi connectivity index (χ2v) is 6.03. The molecule has 96 valence electrons. The van der Waals surface area contributed by atoms with E-state index in [4.69, 9.17) is 5.73 Å². The van der Waals surface area contributed by atoms with Crippen molar-refractivity contribution in [2.45, 2.75) is 6.54 Å². The predicted molar refractivity (Wildman–Crippen MR) is 81.0 cm³/mol.